The molecule has 0 aromatic heterocycles. The fourth-order valence-corrected chi connectivity index (χ4v) is 4.09. The monoisotopic (exact) mass is 437 g/mol. The van der Waals surface area contributed by atoms with Gasteiger partial charge in [0.2, 0.25) is 0 Å². The summed E-state index contributed by atoms with van der Waals surface area (Å²) in [4.78, 5) is 0.0972. The Kier molecular flexibility index (Phi) is 7.36. The highest BCUT2D eigenvalue weighted by Gasteiger charge is 2.22. The summed E-state index contributed by atoms with van der Waals surface area (Å²) < 4.78 is 37.2. The first-order valence-corrected chi connectivity index (χ1v) is 11.5. The molecular weight excluding hydrogens is 410 g/mol. The third kappa shape index (κ3) is 5.89. The zero-order valence-corrected chi connectivity index (χ0v) is 18.6. The third-order valence-corrected chi connectivity index (χ3v) is 5.86. The maximum Gasteiger partial charge on any atom is 0.339 e. The molecule has 0 spiro atoms. The second-order valence-electron chi connectivity index (χ2n) is 7.08. The van der Waals surface area contributed by atoms with E-state index in [0.717, 1.165) is 16.8 Å². The number of rotatable bonds is 10. The van der Waals surface area contributed by atoms with E-state index in [2.05, 4.69) is 11.9 Å². The second-order valence-corrected chi connectivity index (χ2v) is 8.62. The third-order valence-electron chi connectivity index (χ3n) is 4.63. The lowest BCUT2D eigenvalue weighted by Crippen LogP contribution is -2.13. The van der Waals surface area contributed by atoms with Crippen molar-refractivity contribution in [2.45, 2.75) is 31.7 Å². The van der Waals surface area contributed by atoms with E-state index in [0.29, 0.717) is 30.9 Å². The standard InChI is InChI=1S/C25H27NO4S/c1-4-9-21-16-20(18-26-22-10-7-6-8-11-22)17-24(29-5-2)25(21)30-31(27,28)23-14-12-19(3)13-15-23/h4,6-8,10-17,26H,1,5,9,18H2,2-3H3. The Morgan fingerprint density at radius 3 is 2.39 bits per heavy atom. The first-order chi connectivity index (χ1) is 14.9. The van der Waals surface area contributed by atoms with Crippen LogP contribution in [0.4, 0.5) is 5.69 Å². The summed E-state index contributed by atoms with van der Waals surface area (Å²) in [5, 5.41) is 3.36. The average Bonchev–Trinajstić information content (AvgIpc) is 2.76. The molecule has 5 nitrogen and oxygen atoms in total. The Morgan fingerprint density at radius 2 is 1.74 bits per heavy atom. The summed E-state index contributed by atoms with van der Waals surface area (Å²) >= 11 is 0. The van der Waals surface area contributed by atoms with Crippen molar-refractivity contribution in [1.29, 1.82) is 0 Å². The molecule has 3 rings (SSSR count). The van der Waals surface area contributed by atoms with E-state index in [4.69, 9.17) is 8.92 Å². The van der Waals surface area contributed by atoms with E-state index >= 15 is 0 Å². The summed E-state index contributed by atoms with van der Waals surface area (Å²) in [6.45, 7) is 8.48. The molecule has 0 saturated heterocycles. The van der Waals surface area contributed by atoms with Gasteiger partial charge in [0.05, 0.1) is 6.61 Å². The van der Waals surface area contributed by atoms with Gasteiger partial charge in [0.15, 0.2) is 11.5 Å². The van der Waals surface area contributed by atoms with Gasteiger partial charge in [0, 0.05) is 17.8 Å². The van der Waals surface area contributed by atoms with Gasteiger partial charge in [-0.1, -0.05) is 42.0 Å². The molecule has 0 unspecified atom stereocenters. The maximum absolute atomic E-state index is 12.9. The van der Waals surface area contributed by atoms with Crippen LogP contribution in [-0.2, 0) is 23.1 Å². The maximum atomic E-state index is 12.9. The molecule has 0 heterocycles. The number of anilines is 1. The normalized spacial score (nSPS) is 11.0. The number of para-hydroxylation sites is 1. The van der Waals surface area contributed by atoms with E-state index in [-0.39, 0.29) is 10.6 Å². The minimum absolute atomic E-state index is 0.0972. The molecule has 0 atom stereocenters. The molecule has 0 amide bonds. The number of nitrogens with one attached hydrogen (secondary N) is 1. The minimum atomic E-state index is -4.01. The number of aryl methyl sites for hydroxylation is 1. The van der Waals surface area contributed by atoms with Gasteiger partial charge in [-0.05, 0) is 62.2 Å². The molecule has 3 aromatic carbocycles. The summed E-state index contributed by atoms with van der Waals surface area (Å²) in [7, 11) is -4.01. The summed E-state index contributed by atoms with van der Waals surface area (Å²) in [6.07, 6.45) is 2.16. The van der Waals surface area contributed by atoms with Crippen molar-refractivity contribution in [1.82, 2.24) is 0 Å². The van der Waals surface area contributed by atoms with Crippen LogP contribution in [-0.4, -0.2) is 15.0 Å². The summed E-state index contributed by atoms with van der Waals surface area (Å²) in [6, 6.07) is 20.1. The molecule has 31 heavy (non-hydrogen) atoms. The van der Waals surface area contributed by atoms with E-state index < -0.39 is 10.1 Å². The van der Waals surface area contributed by atoms with Crippen molar-refractivity contribution < 1.29 is 17.3 Å². The number of benzene rings is 3. The van der Waals surface area contributed by atoms with Crippen LogP contribution in [0, 0.1) is 6.92 Å². The second kappa shape index (κ2) is 10.2. The first-order valence-electron chi connectivity index (χ1n) is 10.1. The van der Waals surface area contributed by atoms with E-state index in [9.17, 15) is 8.42 Å². The van der Waals surface area contributed by atoms with E-state index in [1.165, 1.54) is 12.1 Å². The number of hydrogen-bond acceptors (Lipinski definition) is 5. The molecular formula is C25H27NO4S. The summed E-state index contributed by atoms with van der Waals surface area (Å²) in [5.41, 5.74) is 3.61. The predicted octanol–water partition coefficient (Wildman–Crippen LogP) is 5.50. The lowest BCUT2D eigenvalue weighted by Gasteiger charge is -2.18. The predicted molar refractivity (Wildman–Crippen MR) is 124 cm³/mol. The van der Waals surface area contributed by atoms with Crippen molar-refractivity contribution in [3.8, 4) is 11.5 Å². The average molecular weight is 438 g/mol. The van der Waals surface area contributed by atoms with Crippen LogP contribution >= 0.6 is 0 Å². The molecule has 0 bridgehead atoms. The van der Waals surface area contributed by atoms with Crippen LogP contribution in [0.3, 0.4) is 0 Å². The summed E-state index contributed by atoms with van der Waals surface area (Å²) in [5.74, 6) is 0.591. The van der Waals surface area contributed by atoms with Crippen molar-refractivity contribution >= 4 is 15.8 Å². The molecule has 0 aliphatic rings. The lowest BCUT2D eigenvalue weighted by molar-refractivity contribution is 0.326. The molecule has 0 fully saturated rings. The van der Waals surface area contributed by atoms with Crippen LogP contribution in [0.2, 0.25) is 0 Å². The molecule has 6 heteroatoms. The molecule has 0 aliphatic carbocycles. The highest BCUT2D eigenvalue weighted by atomic mass is 32.2. The lowest BCUT2D eigenvalue weighted by atomic mass is 10.1. The Balaban J connectivity index is 1.95. The zero-order chi connectivity index (χ0) is 22.3. The fraction of sp³-hybridized carbons (Fsp3) is 0.200. The van der Waals surface area contributed by atoms with Crippen molar-refractivity contribution in [2.24, 2.45) is 0 Å². The van der Waals surface area contributed by atoms with E-state index in [1.54, 1.807) is 18.2 Å². The minimum Gasteiger partial charge on any atom is -0.490 e. The smallest absolute Gasteiger partial charge is 0.339 e. The zero-order valence-electron chi connectivity index (χ0n) is 17.8. The van der Waals surface area contributed by atoms with Crippen LogP contribution in [0.1, 0.15) is 23.6 Å². The first kappa shape index (κ1) is 22.4. The Bertz CT molecular complexity index is 1120. The number of allylic oxidation sites excluding steroid dienone is 1. The number of hydrogen-bond donors (Lipinski definition) is 1. The van der Waals surface area contributed by atoms with Gasteiger partial charge < -0.3 is 14.2 Å². The molecule has 0 aliphatic heterocycles. The highest BCUT2D eigenvalue weighted by Crippen LogP contribution is 2.36. The SMILES string of the molecule is C=CCc1cc(CNc2ccccc2)cc(OCC)c1OS(=O)(=O)c1ccc(C)cc1. The van der Waals surface area contributed by atoms with Gasteiger partial charge >= 0.3 is 10.1 Å². The van der Waals surface area contributed by atoms with Gasteiger partial charge in [0.1, 0.15) is 4.90 Å². The van der Waals surface area contributed by atoms with Crippen LogP contribution in [0.15, 0.2) is 84.3 Å². The van der Waals surface area contributed by atoms with Crippen LogP contribution in [0.25, 0.3) is 0 Å². The van der Waals surface area contributed by atoms with Gasteiger partial charge in [0.25, 0.3) is 0 Å². The fourth-order valence-electron chi connectivity index (χ4n) is 3.11. The molecule has 0 saturated carbocycles. The topological polar surface area (TPSA) is 64.6 Å². The van der Waals surface area contributed by atoms with Gasteiger partial charge in [-0.15, -0.1) is 6.58 Å². The van der Waals surface area contributed by atoms with Crippen molar-refractivity contribution in [3.63, 3.8) is 0 Å². The number of ether oxygens (including phenoxy) is 1. The van der Waals surface area contributed by atoms with Gasteiger partial charge in [-0.25, -0.2) is 0 Å². The molecule has 162 valence electrons. The van der Waals surface area contributed by atoms with Crippen molar-refractivity contribution in [2.75, 3.05) is 11.9 Å². The Morgan fingerprint density at radius 1 is 1.03 bits per heavy atom. The van der Waals surface area contributed by atoms with Gasteiger partial charge in [-0.2, -0.15) is 8.42 Å². The van der Waals surface area contributed by atoms with Gasteiger partial charge in [-0.3, -0.25) is 0 Å². The highest BCUT2D eigenvalue weighted by molar-refractivity contribution is 7.87. The Hall–Kier alpha value is -3.25. The van der Waals surface area contributed by atoms with Crippen molar-refractivity contribution in [3.05, 3.63) is 96.1 Å². The molecule has 1 N–H and O–H groups in total. The largest absolute Gasteiger partial charge is 0.490 e. The Labute approximate surface area is 184 Å². The van der Waals surface area contributed by atoms with Crippen LogP contribution < -0.4 is 14.2 Å². The van der Waals surface area contributed by atoms with E-state index in [1.807, 2.05) is 56.3 Å². The molecule has 0 radical (unpaired) electrons. The van der Waals surface area contributed by atoms with Crippen LogP contribution in [0.5, 0.6) is 11.5 Å². The molecule has 3 aromatic rings. The quantitative estimate of drug-likeness (QED) is 0.335.